The maximum atomic E-state index is 12.7. The minimum atomic E-state index is -0.496. The number of hydrogen-bond acceptors (Lipinski definition) is 6. The highest BCUT2D eigenvalue weighted by Gasteiger charge is 2.19. The van der Waals surface area contributed by atoms with Crippen LogP contribution in [0.25, 0.3) is 55.8 Å². The summed E-state index contributed by atoms with van der Waals surface area (Å²) in [4.78, 5) is 34.5. The van der Waals surface area contributed by atoms with Crippen LogP contribution in [0.15, 0.2) is 115 Å². The third-order valence-corrected chi connectivity index (χ3v) is 5.66. The highest BCUT2D eigenvalue weighted by Crippen LogP contribution is 2.34. The van der Waals surface area contributed by atoms with E-state index in [9.17, 15) is 9.59 Å². The van der Waals surface area contributed by atoms with Crippen molar-refractivity contribution in [3.8, 4) is 34.0 Å². The van der Waals surface area contributed by atoms with Gasteiger partial charge in [0.1, 0.15) is 0 Å². The van der Waals surface area contributed by atoms with E-state index in [-0.39, 0.29) is 11.8 Å². The second-order valence-corrected chi connectivity index (χ2v) is 7.77. The van der Waals surface area contributed by atoms with Gasteiger partial charge in [-0.1, -0.05) is 60.7 Å². The van der Waals surface area contributed by atoms with Crippen molar-refractivity contribution in [1.82, 2.24) is 9.97 Å². The molecule has 0 spiro atoms. The van der Waals surface area contributed by atoms with Crippen molar-refractivity contribution in [2.24, 2.45) is 0 Å². The number of nitrogens with zero attached hydrogens (tertiary/aromatic N) is 2. The summed E-state index contributed by atoms with van der Waals surface area (Å²) in [6.07, 6.45) is 0. The molecule has 34 heavy (non-hydrogen) atoms. The van der Waals surface area contributed by atoms with E-state index >= 15 is 0 Å². The molecule has 0 aliphatic rings. The number of rotatable bonds is 3. The molecule has 4 aromatic carbocycles. The topological polar surface area (TPSA) is 86.2 Å². The predicted molar refractivity (Wildman–Crippen MR) is 130 cm³/mol. The Hall–Kier alpha value is -4.84. The van der Waals surface area contributed by atoms with E-state index < -0.39 is 11.3 Å². The van der Waals surface area contributed by atoms with Crippen molar-refractivity contribution in [3.05, 3.63) is 118 Å². The molecule has 0 unspecified atom stereocenters. The molecule has 6 nitrogen and oxygen atoms in total. The zero-order valence-electron chi connectivity index (χ0n) is 17.8. The number of fused-ring (bicyclic) bond motifs is 2. The molecule has 0 saturated heterocycles. The normalized spacial score (nSPS) is 11.2. The van der Waals surface area contributed by atoms with Crippen molar-refractivity contribution in [3.63, 3.8) is 0 Å². The van der Waals surface area contributed by atoms with Gasteiger partial charge in [0.15, 0.2) is 0 Å². The molecule has 0 radical (unpaired) electrons. The third kappa shape index (κ3) is 3.38. The minimum absolute atomic E-state index is 0.120. The van der Waals surface area contributed by atoms with Crippen LogP contribution in [0, 0.1) is 0 Å². The van der Waals surface area contributed by atoms with Gasteiger partial charge in [-0.25, -0.2) is 19.6 Å². The first kappa shape index (κ1) is 19.8. The average Bonchev–Trinajstić information content (AvgIpc) is 2.89. The maximum absolute atomic E-state index is 12.7. The van der Waals surface area contributed by atoms with Crippen LogP contribution >= 0.6 is 0 Å². The van der Waals surface area contributed by atoms with Gasteiger partial charge in [-0.2, -0.15) is 0 Å². The fourth-order valence-corrected chi connectivity index (χ4v) is 3.99. The number of benzene rings is 4. The highest BCUT2D eigenvalue weighted by molar-refractivity contribution is 5.86. The van der Waals surface area contributed by atoms with Gasteiger partial charge in [0.25, 0.3) is 0 Å². The largest absolute Gasteiger partial charge is 0.403 e. The van der Waals surface area contributed by atoms with Crippen LogP contribution in [0.2, 0.25) is 0 Å². The van der Waals surface area contributed by atoms with Crippen LogP contribution < -0.4 is 11.3 Å². The Labute approximate surface area is 192 Å². The number of aromatic nitrogens is 2. The summed E-state index contributed by atoms with van der Waals surface area (Å²) in [6, 6.07) is 29.3. The Morgan fingerprint density at radius 1 is 0.500 bits per heavy atom. The van der Waals surface area contributed by atoms with Crippen LogP contribution in [0.1, 0.15) is 0 Å². The minimum Gasteiger partial charge on any atom is -0.403 e. The molecular formula is C28H16N2O4. The average molecular weight is 444 g/mol. The summed E-state index contributed by atoms with van der Waals surface area (Å²) in [5, 5.41) is 0.784. The van der Waals surface area contributed by atoms with Gasteiger partial charge in [-0.15, -0.1) is 0 Å². The van der Waals surface area contributed by atoms with Crippen molar-refractivity contribution >= 4 is 21.8 Å². The van der Waals surface area contributed by atoms with Crippen molar-refractivity contribution in [2.45, 2.75) is 0 Å². The molecular weight excluding hydrogens is 428 g/mol. The van der Waals surface area contributed by atoms with E-state index in [1.54, 1.807) is 42.5 Å². The van der Waals surface area contributed by atoms with Crippen LogP contribution in [0.4, 0.5) is 0 Å². The zero-order valence-corrected chi connectivity index (χ0v) is 17.8. The van der Waals surface area contributed by atoms with E-state index in [2.05, 4.69) is 9.97 Å². The first-order valence-corrected chi connectivity index (χ1v) is 10.7. The van der Waals surface area contributed by atoms with Gasteiger partial charge in [0.2, 0.25) is 11.8 Å². The van der Waals surface area contributed by atoms with Crippen LogP contribution in [-0.2, 0) is 0 Å². The predicted octanol–water partition coefficient (Wildman–Crippen LogP) is 5.69. The smallest absolute Gasteiger partial charge is 0.347 e. The van der Waals surface area contributed by atoms with Gasteiger partial charge in [0, 0.05) is 5.56 Å². The van der Waals surface area contributed by atoms with Crippen molar-refractivity contribution < 1.29 is 8.83 Å². The lowest BCUT2D eigenvalue weighted by Gasteiger charge is -2.11. The monoisotopic (exact) mass is 444 g/mol. The molecule has 0 atom stereocenters. The molecule has 6 rings (SSSR count). The third-order valence-electron chi connectivity index (χ3n) is 5.66. The van der Waals surface area contributed by atoms with Crippen LogP contribution in [0.3, 0.4) is 0 Å². The fourth-order valence-electron chi connectivity index (χ4n) is 3.99. The standard InChI is InChI=1S/C28H16N2O4/c31-27-20-10-4-6-12-23(20)29-25(33-27)19-15-14-18(17-8-2-1-3-9-17)16-22(19)26-30-24-13-7-5-11-21(24)28(32)34-26/h1-16H. The van der Waals surface area contributed by atoms with E-state index in [1.807, 2.05) is 54.6 Å². The van der Waals surface area contributed by atoms with E-state index in [1.165, 1.54) is 0 Å². The Morgan fingerprint density at radius 3 is 1.65 bits per heavy atom. The lowest BCUT2D eigenvalue weighted by atomic mass is 9.98. The molecule has 0 N–H and O–H groups in total. The lowest BCUT2D eigenvalue weighted by molar-refractivity contribution is 0.511. The van der Waals surface area contributed by atoms with Crippen molar-refractivity contribution in [1.29, 1.82) is 0 Å². The van der Waals surface area contributed by atoms with Gasteiger partial charge < -0.3 is 8.83 Å². The second kappa shape index (κ2) is 7.94. The summed E-state index contributed by atoms with van der Waals surface area (Å²) in [6.45, 7) is 0. The molecule has 6 aromatic rings. The Morgan fingerprint density at radius 2 is 1.03 bits per heavy atom. The summed E-state index contributed by atoms with van der Waals surface area (Å²) < 4.78 is 11.2. The van der Waals surface area contributed by atoms with Crippen LogP contribution in [-0.4, -0.2) is 9.97 Å². The first-order valence-electron chi connectivity index (χ1n) is 10.7. The summed E-state index contributed by atoms with van der Waals surface area (Å²) in [5.41, 5.74) is 2.89. The molecule has 6 heteroatoms. The Balaban J connectivity index is 1.64. The Kier molecular flexibility index (Phi) is 4.63. The quantitative estimate of drug-likeness (QED) is 0.349. The van der Waals surface area contributed by atoms with Gasteiger partial charge in [-0.3, -0.25) is 0 Å². The van der Waals surface area contributed by atoms with Gasteiger partial charge >= 0.3 is 11.3 Å². The molecule has 162 valence electrons. The van der Waals surface area contributed by atoms with Crippen LogP contribution in [0.5, 0.6) is 0 Å². The highest BCUT2D eigenvalue weighted by atomic mass is 16.4. The summed E-state index contributed by atoms with van der Waals surface area (Å²) >= 11 is 0. The molecule has 0 saturated carbocycles. The molecule has 2 aromatic heterocycles. The SMILES string of the molecule is O=c1oc(-c2ccc(-c3ccccc3)cc2-c2nc3ccccc3c(=O)o2)nc2ccccc12. The molecule has 0 fully saturated rings. The number of para-hydroxylation sites is 2. The fraction of sp³-hybridized carbons (Fsp3) is 0. The maximum Gasteiger partial charge on any atom is 0.347 e. The second-order valence-electron chi connectivity index (χ2n) is 7.77. The van der Waals surface area contributed by atoms with E-state index in [0.29, 0.717) is 32.9 Å². The zero-order chi connectivity index (χ0) is 23.1. The summed E-state index contributed by atoms with van der Waals surface area (Å²) in [7, 11) is 0. The van der Waals surface area contributed by atoms with E-state index in [4.69, 9.17) is 8.83 Å². The number of hydrogen-bond donors (Lipinski definition) is 0. The van der Waals surface area contributed by atoms with Gasteiger partial charge in [0.05, 0.1) is 27.4 Å². The molecule has 0 amide bonds. The molecule has 0 aliphatic heterocycles. The molecule has 2 heterocycles. The Bertz CT molecular complexity index is 1800. The first-order chi connectivity index (χ1) is 16.7. The van der Waals surface area contributed by atoms with Gasteiger partial charge in [-0.05, 0) is 47.5 Å². The summed E-state index contributed by atoms with van der Waals surface area (Å²) in [5.74, 6) is 0.241. The van der Waals surface area contributed by atoms with Crippen molar-refractivity contribution in [2.75, 3.05) is 0 Å². The van der Waals surface area contributed by atoms with E-state index in [0.717, 1.165) is 11.1 Å². The molecule has 0 bridgehead atoms. The molecule has 0 aliphatic carbocycles. The lowest BCUT2D eigenvalue weighted by Crippen LogP contribution is -2.05.